The number of rotatable bonds is 5. The summed E-state index contributed by atoms with van der Waals surface area (Å²) in [4.78, 5) is 2.49. The molecule has 0 fully saturated rings. The van der Waals surface area contributed by atoms with Gasteiger partial charge in [0.05, 0.1) is 0 Å². The van der Waals surface area contributed by atoms with Crippen LogP contribution in [-0.4, -0.2) is 29.7 Å². The summed E-state index contributed by atoms with van der Waals surface area (Å²) in [6.07, 6.45) is 4.20. The highest BCUT2D eigenvalue weighted by Gasteiger charge is 2.13. The molecule has 1 aliphatic rings. The van der Waals surface area contributed by atoms with Gasteiger partial charge in [-0.2, -0.15) is 0 Å². The number of benzene rings is 2. The topological polar surface area (TPSA) is 23.5 Å². The van der Waals surface area contributed by atoms with E-state index < -0.39 is 0 Å². The molecule has 0 saturated heterocycles. The fourth-order valence-corrected chi connectivity index (χ4v) is 2.97. The van der Waals surface area contributed by atoms with Gasteiger partial charge in [0.2, 0.25) is 0 Å². The van der Waals surface area contributed by atoms with E-state index in [0.29, 0.717) is 0 Å². The molecule has 1 N–H and O–H groups in total. The van der Waals surface area contributed by atoms with Gasteiger partial charge in [-0.3, -0.25) is 4.90 Å². The minimum atomic E-state index is 0.219. The van der Waals surface area contributed by atoms with Crippen molar-refractivity contribution < 1.29 is 5.11 Å². The van der Waals surface area contributed by atoms with Crippen molar-refractivity contribution in [1.29, 1.82) is 0 Å². The molecule has 114 valence electrons. The molecule has 0 amide bonds. The maximum absolute atomic E-state index is 8.97. The molecular formula is C20H23NO. The lowest BCUT2D eigenvalue weighted by atomic mass is 9.97. The molecule has 1 aliphatic heterocycles. The van der Waals surface area contributed by atoms with Crippen molar-refractivity contribution in [2.75, 3.05) is 19.7 Å². The minimum absolute atomic E-state index is 0.219. The standard InChI is InChI=1S/C20H23NO/c22-15-12-17-6-8-19(9-7-17)20-10-13-21(14-11-20)16-18-4-2-1-3-5-18/h1-10,22H,11-16H2. The Morgan fingerprint density at radius 1 is 0.909 bits per heavy atom. The van der Waals surface area contributed by atoms with Crippen LogP contribution in [0.2, 0.25) is 0 Å². The third-order valence-corrected chi connectivity index (χ3v) is 4.27. The summed E-state index contributed by atoms with van der Waals surface area (Å²) in [6.45, 7) is 3.37. The molecule has 2 aromatic carbocycles. The zero-order valence-corrected chi connectivity index (χ0v) is 12.9. The predicted octanol–water partition coefficient (Wildman–Crippen LogP) is 3.51. The molecule has 22 heavy (non-hydrogen) atoms. The van der Waals surface area contributed by atoms with Gasteiger partial charge in [-0.05, 0) is 35.1 Å². The molecule has 0 aromatic heterocycles. The lowest BCUT2D eigenvalue weighted by Gasteiger charge is -2.26. The molecular weight excluding hydrogens is 270 g/mol. The molecule has 0 bridgehead atoms. The summed E-state index contributed by atoms with van der Waals surface area (Å²) in [5, 5.41) is 8.97. The summed E-state index contributed by atoms with van der Waals surface area (Å²) in [7, 11) is 0. The molecule has 0 saturated carbocycles. The highest BCUT2D eigenvalue weighted by molar-refractivity contribution is 5.66. The van der Waals surface area contributed by atoms with Crippen molar-refractivity contribution in [3.63, 3.8) is 0 Å². The molecule has 3 rings (SSSR count). The van der Waals surface area contributed by atoms with Gasteiger partial charge in [0.25, 0.3) is 0 Å². The van der Waals surface area contributed by atoms with E-state index in [0.717, 1.165) is 32.5 Å². The summed E-state index contributed by atoms with van der Waals surface area (Å²) < 4.78 is 0. The Morgan fingerprint density at radius 2 is 1.68 bits per heavy atom. The molecule has 0 spiro atoms. The van der Waals surface area contributed by atoms with Crippen LogP contribution in [0.25, 0.3) is 5.57 Å². The number of hydrogen-bond acceptors (Lipinski definition) is 2. The summed E-state index contributed by atoms with van der Waals surface area (Å²) in [5.41, 5.74) is 5.35. The van der Waals surface area contributed by atoms with Crippen LogP contribution in [0.3, 0.4) is 0 Å². The summed E-state index contributed by atoms with van der Waals surface area (Å²) in [6, 6.07) is 19.3. The second-order valence-electron chi connectivity index (χ2n) is 5.87. The minimum Gasteiger partial charge on any atom is -0.396 e. The average molecular weight is 293 g/mol. The zero-order chi connectivity index (χ0) is 15.2. The summed E-state index contributed by atoms with van der Waals surface area (Å²) >= 11 is 0. The normalized spacial score (nSPS) is 15.6. The number of aliphatic hydroxyl groups is 1. The van der Waals surface area contributed by atoms with Gasteiger partial charge < -0.3 is 5.11 Å². The van der Waals surface area contributed by atoms with Crippen LogP contribution in [0.1, 0.15) is 23.1 Å². The Kier molecular flexibility index (Phi) is 5.04. The third-order valence-electron chi connectivity index (χ3n) is 4.27. The van der Waals surface area contributed by atoms with E-state index in [2.05, 4.69) is 65.6 Å². The van der Waals surface area contributed by atoms with E-state index in [1.165, 1.54) is 22.3 Å². The largest absolute Gasteiger partial charge is 0.396 e. The van der Waals surface area contributed by atoms with Crippen molar-refractivity contribution in [2.45, 2.75) is 19.4 Å². The van der Waals surface area contributed by atoms with Crippen LogP contribution in [0, 0.1) is 0 Å². The summed E-state index contributed by atoms with van der Waals surface area (Å²) in [5.74, 6) is 0. The van der Waals surface area contributed by atoms with Gasteiger partial charge in [-0.15, -0.1) is 0 Å². The lowest BCUT2D eigenvalue weighted by Crippen LogP contribution is -2.27. The Balaban J connectivity index is 1.61. The smallest absolute Gasteiger partial charge is 0.0471 e. The van der Waals surface area contributed by atoms with E-state index in [1.54, 1.807) is 0 Å². The van der Waals surface area contributed by atoms with Gasteiger partial charge in [-0.1, -0.05) is 60.7 Å². The maximum atomic E-state index is 8.97. The van der Waals surface area contributed by atoms with Gasteiger partial charge in [0.15, 0.2) is 0 Å². The second kappa shape index (κ2) is 7.39. The highest BCUT2D eigenvalue weighted by atomic mass is 16.2. The van der Waals surface area contributed by atoms with Gasteiger partial charge in [0, 0.05) is 26.2 Å². The monoisotopic (exact) mass is 293 g/mol. The molecule has 0 atom stereocenters. The van der Waals surface area contributed by atoms with Crippen LogP contribution in [-0.2, 0) is 13.0 Å². The Hall–Kier alpha value is -1.90. The first-order chi connectivity index (χ1) is 10.8. The van der Waals surface area contributed by atoms with E-state index in [4.69, 9.17) is 5.11 Å². The molecule has 0 aliphatic carbocycles. The van der Waals surface area contributed by atoms with Gasteiger partial charge >= 0.3 is 0 Å². The molecule has 2 nitrogen and oxygen atoms in total. The van der Waals surface area contributed by atoms with E-state index in [1.807, 2.05) is 0 Å². The first-order valence-corrected chi connectivity index (χ1v) is 8.00. The van der Waals surface area contributed by atoms with Gasteiger partial charge in [0.1, 0.15) is 0 Å². The molecule has 0 unspecified atom stereocenters. The van der Waals surface area contributed by atoms with Crippen molar-refractivity contribution in [3.8, 4) is 0 Å². The number of aliphatic hydroxyl groups excluding tert-OH is 1. The van der Waals surface area contributed by atoms with Crippen molar-refractivity contribution in [3.05, 3.63) is 77.4 Å². The molecule has 2 aromatic rings. The SMILES string of the molecule is OCCc1ccc(C2=CCN(Cc3ccccc3)CC2)cc1. The molecule has 2 heteroatoms. The van der Waals surface area contributed by atoms with E-state index in [9.17, 15) is 0 Å². The first-order valence-electron chi connectivity index (χ1n) is 8.00. The Morgan fingerprint density at radius 3 is 2.32 bits per heavy atom. The van der Waals surface area contributed by atoms with E-state index >= 15 is 0 Å². The van der Waals surface area contributed by atoms with Crippen molar-refractivity contribution in [2.24, 2.45) is 0 Å². The maximum Gasteiger partial charge on any atom is 0.0471 e. The van der Waals surface area contributed by atoms with Crippen LogP contribution >= 0.6 is 0 Å². The number of nitrogens with zero attached hydrogens (tertiary/aromatic N) is 1. The van der Waals surface area contributed by atoms with Crippen molar-refractivity contribution >= 4 is 5.57 Å². The Bertz CT molecular complexity index is 616. The average Bonchev–Trinajstić information content (AvgIpc) is 2.58. The Labute approximate surface area is 132 Å². The fraction of sp³-hybridized carbons (Fsp3) is 0.300. The fourth-order valence-electron chi connectivity index (χ4n) is 2.97. The van der Waals surface area contributed by atoms with Crippen LogP contribution in [0.4, 0.5) is 0 Å². The predicted molar refractivity (Wildman–Crippen MR) is 91.5 cm³/mol. The lowest BCUT2D eigenvalue weighted by molar-refractivity contribution is 0.294. The van der Waals surface area contributed by atoms with E-state index in [-0.39, 0.29) is 6.61 Å². The number of hydrogen-bond donors (Lipinski definition) is 1. The molecule has 1 heterocycles. The first kappa shape index (κ1) is 15.0. The van der Waals surface area contributed by atoms with Gasteiger partial charge in [-0.25, -0.2) is 0 Å². The second-order valence-corrected chi connectivity index (χ2v) is 5.87. The molecule has 0 radical (unpaired) electrons. The van der Waals surface area contributed by atoms with Crippen LogP contribution < -0.4 is 0 Å². The zero-order valence-electron chi connectivity index (χ0n) is 12.9. The quantitative estimate of drug-likeness (QED) is 0.912. The highest BCUT2D eigenvalue weighted by Crippen LogP contribution is 2.23. The third kappa shape index (κ3) is 3.85. The van der Waals surface area contributed by atoms with Crippen molar-refractivity contribution in [1.82, 2.24) is 4.90 Å². The van der Waals surface area contributed by atoms with Crippen LogP contribution in [0.15, 0.2) is 60.7 Å². The van der Waals surface area contributed by atoms with Crippen LogP contribution in [0.5, 0.6) is 0 Å².